The zero-order valence-corrected chi connectivity index (χ0v) is 11.1. The third kappa shape index (κ3) is 3.72. The van der Waals surface area contributed by atoms with Crippen LogP contribution >= 0.6 is 11.6 Å². The van der Waals surface area contributed by atoms with Gasteiger partial charge >= 0.3 is 0 Å². The highest BCUT2D eigenvalue weighted by atomic mass is 35.5. The second-order valence-corrected chi connectivity index (χ2v) is 4.80. The van der Waals surface area contributed by atoms with E-state index < -0.39 is 0 Å². The monoisotopic (exact) mass is 267 g/mol. The molecule has 1 aliphatic heterocycles. The van der Waals surface area contributed by atoms with E-state index in [4.69, 9.17) is 16.3 Å². The van der Waals surface area contributed by atoms with Crippen LogP contribution < -0.4 is 0 Å². The van der Waals surface area contributed by atoms with Crippen molar-refractivity contribution in [3.05, 3.63) is 35.9 Å². The number of ether oxygens (including phenoxy) is 1. The molecule has 0 aromatic heterocycles. The molecule has 1 heterocycles. The van der Waals surface area contributed by atoms with Crippen molar-refractivity contribution in [2.75, 3.05) is 19.0 Å². The molecule has 1 fully saturated rings. The Bertz CT molecular complexity index is 377. The summed E-state index contributed by atoms with van der Waals surface area (Å²) in [5, 5.41) is 0. The molecule has 0 bridgehead atoms. The molecule has 3 nitrogen and oxygen atoms in total. The smallest absolute Gasteiger partial charge is 0.237 e. The number of benzene rings is 1. The number of hydrogen-bond acceptors (Lipinski definition) is 2. The summed E-state index contributed by atoms with van der Waals surface area (Å²) in [5.74, 6) is -0.00413. The predicted molar refractivity (Wildman–Crippen MR) is 71.6 cm³/mol. The molecular weight excluding hydrogens is 250 g/mol. The molecule has 2 rings (SSSR count). The fourth-order valence-electron chi connectivity index (χ4n) is 2.18. The fraction of sp³-hybridized carbons (Fsp3) is 0.500. The Morgan fingerprint density at radius 3 is 2.78 bits per heavy atom. The number of halogens is 1. The molecule has 0 spiro atoms. The van der Waals surface area contributed by atoms with Crippen LogP contribution in [-0.2, 0) is 16.1 Å². The Kier molecular flexibility index (Phi) is 5.02. The lowest BCUT2D eigenvalue weighted by Crippen LogP contribution is -2.37. The van der Waals surface area contributed by atoms with Gasteiger partial charge in [0, 0.05) is 19.7 Å². The van der Waals surface area contributed by atoms with Gasteiger partial charge in [-0.25, -0.2) is 0 Å². The van der Waals surface area contributed by atoms with Gasteiger partial charge in [0.1, 0.15) is 5.88 Å². The number of carbonyl (C=O) groups excluding carboxylic acids is 1. The van der Waals surface area contributed by atoms with E-state index in [9.17, 15) is 4.79 Å². The van der Waals surface area contributed by atoms with Crippen LogP contribution in [0, 0.1) is 0 Å². The van der Waals surface area contributed by atoms with Crippen molar-refractivity contribution in [1.82, 2.24) is 4.90 Å². The summed E-state index contributed by atoms with van der Waals surface area (Å²) in [7, 11) is 0. The van der Waals surface area contributed by atoms with Gasteiger partial charge in [-0.15, -0.1) is 11.6 Å². The molecule has 4 heteroatoms. The highest BCUT2D eigenvalue weighted by Crippen LogP contribution is 2.15. The van der Waals surface area contributed by atoms with Crippen molar-refractivity contribution in [3.8, 4) is 0 Å². The van der Waals surface area contributed by atoms with Gasteiger partial charge in [0.25, 0.3) is 0 Å². The molecule has 18 heavy (non-hydrogen) atoms. The van der Waals surface area contributed by atoms with E-state index in [0.29, 0.717) is 13.1 Å². The normalized spacial score (nSPS) is 18.8. The largest absolute Gasteiger partial charge is 0.376 e. The Labute approximate surface area is 113 Å². The number of alkyl halides is 1. The summed E-state index contributed by atoms with van der Waals surface area (Å²) in [6, 6.07) is 9.96. The van der Waals surface area contributed by atoms with Crippen molar-refractivity contribution in [2.45, 2.75) is 25.5 Å². The van der Waals surface area contributed by atoms with Crippen LogP contribution in [0.25, 0.3) is 0 Å². The van der Waals surface area contributed by atoms with Crippen LogP contribution in [0.15, 0.2) is 30.3 Å². The molecule has 98 valence electrons. The Morgan fingerprint density at radius 2 is 2.17 bits per heavy atom. The first-order valence-electron chi connectivity index (χ1n) is 6.29. The fourth-order valence-corrected chi connectivity index (χ4v) is 2.35. The Balaban J connectivity index is 1.98. The van der Waals surface area contributed by atoms with Gasteiger partial charge in [-0.3, -0.25) is 4.79 Å². The third-order valence-corrected chi connectivity index (χ3v) is 3.36. The summed E-state index contributed by atoms with van der Waals surface area (Å²) < 4.78 is 5.58. The highest BCUT2D eigenvalue weighted by molar-refractivity contribution is 6.27. The van der Waals surface area contributed by atoms with Gasteiger partial charge in [0.2, 0.25) is 5.91 Å². The second-order valence-electron chi connectivity index (χ2n) is 4.53. The summed E-state index contributed by atoms with van der Waals surface area (Å²) in [6.45, 7) is 2.05. The molecule has 0 N–H and O–H groups in total. The Morgan fingerprint density at radius 1 is 1.39 bits per heavy atom. The van der Waals surface area contributed by atoms with Crippen LogP contribution in [-0.4, -0.2) is 35.9 Å². The molecule has 1 saturated heterocycles. The molecule has 1 unspecified atom stereocenters. The van der Waals surface area contributed by atoms with Crippen molar-refractivity contribution >= 4 is 17.5 Å². The van der Waals surface area contributed by atoms with E-state index in [1.165, 1.54) is 0 Å². The molecule has 0 radical (unpaired) electrons. The molecule has 1 aromatic carbocycles. The van der Waals surface area contributed by atoms with Crippen molar-refractivity contribution < 1.29 is 9.53 Å². The van der Waals surface area contributed by atoms with Crippen molar-refractivity contribution in [1.29, 1.82) is 0 Å². The number of carbonyl (C=O) groups is 1. The third-order valence-electron chi connectivity index (χ3n) is 3.13. The minimum atomic E-state index is -0.0315. The first kappa shape index (κ1) is 13.4. The average molecular weight is 268 g/mol. The van der Waals surface area contributed by atoms with E-state index in [2.05, 4.69) is 0 Å². The number of hydrogen-bond donors (Lipinski definition) is 0. The van der Waals surface area contributed by atoms with Crippen LogP contribution in [0.3, 0.4) is 0 Å². The van der Waals surface area contributed by atoms with Gasteiger partial charge in [-0.2, -0.15) is 0 Å². The van der Waals surface area contributed by atoms with Gasteiger partial charge in [0.15, 0.2) is 0 Å². The number of amides is 1. The van der Waals surface area contributed by atoms with Gasteiger partial charge < -0.3 is 9.64 Å². The molecule has 0 aliphatic carbocycles. The number of nitrogens with zero attached hydrogens (tertiary/aromatic N) is 1. The standard InChI is InChI=1S/C14H18ClNO2/c15-9-14(17)16(11-13-7-4-8-18-13)10-12-5-2-1-3-6-12/h1-3,5-6,13H,4,7-11H2. The molecular formula is C14H18ClNO2. The van der Waals surface area contributed by atoms with Crippen molar-refractivity contribution in [2.24, 2.45) is 0 Å². The maximum absolute atomic E-state index is 11.8. The summed E-state index contributed by atoms with van der Waals surface area (Å²) >= 11 is 5.67. The van der Waals surface area contributed by atoms with Gasteiger partial charge in [-0.05, 0) is 18.4 Å². The first-order valence-corrected chi connectivity index (χ1v) is 6.82. The van der Waals surface area contributed by atoms with E-state index in [0.717, 1.165) is 25.0 Å². The van der Waals surface area contributed by atoms with E-state index in [1.807, 2.05) is 30.3 Å². The van der Waals surface area contributed by atoms with E-state index in [-0.39, 0.29) is 17.9 Å². The van der Waals surface area contributed by atoms with E-state index >= 15 is 0 Å². The molecule has 1 aliphatic rings. The zero-order valence-electron chi connectivity index (χ0n) is 10.3. The maximum Gasteiger partial charge on any atom is 0.237 e. The Hall–Kier alpha value is -1.06. The lowest BCUT2D eigenvalue weighted by molar-refractivity contribution is -0.130. The van der Waals surface area contributed by atoms with Crippen LogP contribution in [0.4, 0.5) is 0 Å². The quantitative estimate of drug-likeness (QED) is 0.767. The summed E-state index contributed by atoms with van der Waals surface area (Å²) in [4.78, 5) is 13.6. The molecule has 1 atom stereocenters. The van der Waals surface area contributed by atoms with Crippen LogP contribution in [0.2, 0.25) is 0 Å². The lowest BCUT2D eigenvalue weighted by atomic mass is 10.2. The SMILES string of the molecule is O=C(CCl)N(Cc1ccccc1)CC1CCCO1. The topological polar surface area (TPSA) is 29.5 Å². The van der Waals surface area contributed by atoms with Gasteiger partial charge in [0.05, 0.1) is 6.10 Å². The van der Waals surface area contributed by atoms with E-state index in [1.54, 1.807) is 4.90 Å². The lowest BCUT2D eigenvalue weighted by Gasteiger charge is -2.24. The van der Waals surface area contributed by atoms with Gasteiger partial charge in [-0.1, -0.05) is 30.3 Å². The zero-order chi connectivity index (χ0) is 12.8. The first-order chi connectivity index (χ1) is 8.79. The predicted octanol–water partition coefficient (Wildman–Crippen LogP) is 2.43. The number of rotatable bonds is 5. The second kappa shape index (κ2) is 6.76. The summed E-state index contributed by atoms with van der Waals surface area (Å²) in [5.41, 5.74) is 1.12. The van der Waals surface area contributed by atoms with Crippen molar-refractivity contribution in [3.63, 3.8) is 0 Å². The molecule has 1 amide bonds. The molecule has 1 aromatic rings. The minimum Gasteiger partial charge on any atom is -0.376 e. The average Bonchev–Trinajstić information content (AvgIpc) is 2.91. The highest BCUT2D eigenvalue weighted by Gasteiger charge is 2.22. The molecule has 0 saturated carbocycles. The van der Waals surface area contributed by atoms with Crippen LogP contribution in [0.1, 0.15) is 18.4 Å². The summed E-state index contributed by atoms with van der Waals surface area (Å²) in [6.07, 6.45) is 2.28. The maximum atomic E-state index is 11.8. The minimum absolute atomic E-state index is 0.0273. The van der Waals surface area contributed by atoms with Crippen LogP contribution in [0.5, 0.6) is 0 Å².